The highest BCUT2D eigenvalue weighted by Gasteiger charge is 2.21. The van der Waals surface area contributed by atoms with Crippen LogP contribution in [0.2, 0.25) is 0 Å². The lowest BCUT2D eigenvalue weighted by atomic mass is 10.0. The summed E-state index contributed by atoms with van der Waals surface area (Å²) in [4.78, 5) is 14.8. The number of nitrogens with zero attached hydrogens (tertiary/aromatic N) is 1. The average Bonchev–Trinajstić information content (AvgIpc) is 2.52. The summed E-state index contributed by atoms with van der Waals surface area (Å²) in [5.74, 6) is -8.24. The van der Waals surface area contributed by atoms with Crippen molar-refractivity contribution >= 4 is 17.4 Å². The van der Waals surface area contributed by atoms with Gasteiger partial charge >= 0.3 is 5.97 Å². The molecule has 0 aliphatic carbocycles. The number of hydrogen-bond acceptors (Lipinski definition) is 3. The Morgan fingerprint density at radius 3 is 2.04 bits per heavy atom. The number of aliphatic imine (C=N–C) groups is 1. The second-order valence-electron chi connectivity index (χ2n) is 4.69. The molecule has 0 radical (unpaired) electrons. The average molecular weight is 356 g/mol. The van der Waals surface area contributed by atoms with Gasteiger partial charge in [-0.25, -0.2) is 31.7 Å². The first-order valence-electron chi connectivity index (χ1n) is 6.58. The molecule has 0 aliphatic rings. The van der Waals surface area contributed by atoms with Crippen LogP contribution in [0.4, 0.5) is 27.6 Å². The molecule has 3 N–H and O–H groups in total. The molecule has 9 heteroatoms. The first-order valence-corrected chi connectivity index (χ1v) is 6.58. The number of hydrogen-bond donors (Lipinski definition) is 2. The Labute approximate surface area is 137 Å². The van der Waals surface area contributed by atoms with Gasteiger partial charge in [-0.05, 0) is 18.2 Å². The topological polar surface area (TPSA) is 75.7 Å². The minimum absolute atomic E-state index is 0.305. The molecule has 2 aromatic rings. The number of benzene rings is 2. The zero-order chi connectivity index (χ0) is 18.7. The standard InChI is InChI=1S/C16H9F5N2O2/c17-8-4-12(20)15(13(21)5-8)23-14(9(6-22)16(24)25)7-1-2-10(18)11(19)3-7/h1-6H,22H2,(H,24,25). The molecule has 0 amide bonds. The highest BCUT2D eigenvalue weighted by atomic mass is 19.2. The van der Waals surface area contributed by atoms with Gasteiger partial charge in [0.05, 0.1) is 5.71 Å². The summed E-state index contributed by atoms with van der Waals surface area (Å²) in [5, 5.41) is 9.15. The quantitative estimate of drug-likeness (QED) is 0.501. The van der Waals surface area contributed by atoms with E-state index in [1.807, 2.05) is 0 Å². The molecule has 2 aromatic carbocycles. The van der Waals surface area contributed by atoms with Gasteiger partial charge in [-0.3, -0.25) is 0 Å². The van der Waals surface area contributed by atoms with E-state index >= 15 is 0 Å². The van der Waals surface area contributed by atoms with Gasteiger partial charge in [-0.15, -0.1) is 0 Å². The van der Waals surface area contributed by atoms with Crippen LogP contribution in [-0.4, -0.2) is 16.8 Å². The third-order valence-corrected chi connectivity index (χ3v) is 3.05. The molecule has 25 heavy (non-hydrogen) atoms. The van der Waals surface area contributed by atoms with Crippen LogP contribution in [0.15, 0.2) is 47.1 Å². The molecular weight excluding hydrogens is 347 g/mol. The Kier molecular flexibility index (Phi) is 5.16. The van der Waals surface area contributed by atoms with Gasteiger partial charge in [0.25, 0.3) is 0 Å². The SMILES string of the molecule is NC=C(C(=O)O)C(=Nc1c(F)cc(F)cc1F)c1ccc(F)c(F)c1. The lowest BCUT2D eigenvalue weighted by molar-refractivity contribution is -0.132. The molecule has 0 saturated heterocycles. The predicted molar refractivity (Wildman–Crippen MR) is 78.8 cm³/mol. The van der Waals surface area contributed by atoms with Gasteiger partial charge in [0, 0.05) is 23.9 Å². The first kappa shape index (κ1) is 18.1. The van der Waals surface area contributed by atoms with Crippen LogP contribution in [0.1, 0.15) is 5.56 Å². The highest BCUT2D eigenvalue weighted by molar-refractivity contribution is 6.26. The normalized spacial score (nSPS) is 12.4. The summed E-state index contributed by atoms with van der Waals surface area (Å²) in [6, 6.07) is 2.87. The lowest BCUT2D eigenvalue weighted by Gasteiger charge is -2.09. The summed E-state index contributed by atoms with van der Waals surface area (Å²) in [6.07, 6.45) is 0.571. The molecule has 0 bridgehead atoms. The summed E-state index contributed by atoms with van der Waals surface area (Å²) in [5.41, 5.74) is 2.51. The van der Waals surface area contributed by atoms with Crippen LogP contribution < -0.4 is 5.73 Å². The van der Waals surface area contributed by atoms with E-state index in [4.69, 9.17) is 10.8 Å². The Morgan fingerprint density at radius 1 is 0.960 bits per heavy atom. The summed E-state index contributed by atoms with van der Waals surface area (Å²) in [7, 11) is 0. The molecule has 0 atom stereocenters. The molecule has 0 saturated carbocycles. The van der Waals surface area contributed by atoms with Crippen LogP contribution in [0.3, 0.4) is 0 Å². The fraction of sp³-hybridized carbons (Fsp3) is 0. The van der Waals surface area contributed by atoms with Crippen molar-refractivity contribution in [2.24, 2.45) is 10.7 Å². The Hall–Kier alpha value is -3.23. The number of carboxylic acid groups (broad SMARTS) is 1. The fourth-order valence-corrected chi connectivity index (χ4v) is 1.93. The fourth-order valence-electron chi connectivity index (χ4n) is 1.93. The molecule has 0 fully saturated rings. The van der Waals surface area contributed by atoms with Crippen LogP contribution in [0.25, 0.3) is 0 Å². The molecule has 2 rings (SSSR count). The molecule has 0 spiro atoms. The van der Waals surface area contributed by atoms with Crippen molar-refractivity contribution in [2.75, 3.05) is 0 Å². The molecule has 0 aromatic heterocycles. The minimum atomic E-state index is -1.63. The zero-order valence-electron chi connectivity index (χ0n) is 12.2. The highest BCUT2D eigenvalue weighted by Crippen LogP contribution is 2.26. The van der Waals surface area contributed by atoms with Gasteiger partial charge in [-0.1, -0.05) is 0 Å². The van der Waals surface area contributed by atoms with Gasteiger partial charge < -0.3 is 10.8 Å². The van der Waals surface area contributed by atoms with Gasteiger partial charge in [-0.2, -0.15) is 0 Å². The number of carboxylic acids is 1. The van der Waals surface area contributed by atoms with Gasteiger partial charge in [0.1, 0.15) is 17.1 Å². The van der Waals surface area contributed by atoms with Crippen LogP contribution in [0, 0.1) is 29.1 Å². The molecular formula is C16H9F5N2O2. The molecule has 0 heterocycles. The van der Waals surface area contributed by atoms with E-state index in [0.29, 0.717) is 30.5 Å². The van der Waals surface area contributed by atoms with E-state index in [1.165, 1.54) is 0 Å². The van der Waals surface area contributed by atoms with Gasteiger partial charge in [0.15, 0.2) is 23.3 Å². The number of rotatable bonds is 4. The van der Waals surface area contributed by atoms with Crippen molar-refractivity contribution < 1.29 is 31.9 Å². The number of halogens is 5. The molecule has 0 aliphatic heterocycles. The van der Waals surface area contributed by atoms with E-state index in [9.17, 15) is 26.7 Å². The predicted octanol–water partition coefficient (Wildman–Crippen LogP) is 3.43. The molecule has 4 nitrogen and oxygen atoms in total. The van der Waals surface area contributed by atoms with E-state index in [1.54, 1.807) is 0 Å². The van der Waals surface area contributed by atoms with Gasteiger partial charge in [0.2, 0.25) is 0 Å². The maximum atomic E-state index is 13.8. The Balaban J connectivity index is 2.76. The number of nitrogens with two attached hydrogens (primary N) is 1. The smallest absolute Gasteiger partial charge is 0.339 e. The second kappa shape index (κ2) is 7.12. The van der Waals surface area contributed by atoms with Crippen LogP contribution in [0.5, 0.6) is 0 Å². The van der Waals surface area contributed by atoms with Crippen molar-refractivity contribution in [3.05, 3.63) is 76.8 Å². The summed E-state index contributed by atoms with van der Waals surface area (Å²) >= 11 is 0. The van der Waals surface area contributed by atoms with E-state index in [0.717, 1.165) is 6.07 Å². The van der Waals surface area contributed by atoms with Crippen molar-refractivity contribution in [3.63, 3.8) is 0 Å². The van der Waals surface area contributed by atoms with Crippen molar-refractivity contribution in [1.82, 2.24) is 0 Å². The maximum absolute atomic E-state index is 13.8. The van der Waals surface area contributed by atoms with E-state index in [2.05, 4.69) is 4.99 Å². The second-order valence-corrected chi connectivity index (χ2v) is 4.69. The number of aliphatic carboxylic acids is 1. The maximum Gasteiger partial charge on any atom is 0.339 e. The van der Waals surface area contributed by atoms with Crippen molar-refractivity contribution in [1.29, 1.82) is 0 Å². The monoisotopic (exact) mass is 356 g/mol. The summed E-state index contributed by atoms with van der Waals surface area (Å²) in [6.45, 7) is 0. The molecule has 130 valence electrons. The molecule has 0 unspecified atom stereocenters. The third-order valence-electron chi connectivity index (χ3n) is 3.05. The van der Waals surface area contributed by atoms with Crippen molar-refractivity contribution in [2.45, 2.75) is 0 Å². The number of carbonyl (C=O) groups is 1. The lowest BCUT2D eigenvalue weighted by Crippen LogP contribution is -2.16. The third kappa shape index (κ3) is 3.82. The largest absolute Gasteiger partial charge is 0.478 e. The first-order chi connectivity index (χ1) is 11.7. The van der Waals surface area contributed by atoms with Crippen LogP contribution >= 0.6 is 0 Å². The van der Waals surface area contributed by atoms with Crippen LogP contribution in [-0.2, 0) is 4.79 Å². The zero-order valence-corrected chi connectivity index (χ0v) is 12.2. The Bertz CT molecular complexity index is 886. The minimum Gasteiger partial charge on any atom is -0.478 e. The summed E-state index contributed by atoms with van der Waals surface area (Å²) < 4.78 is 67.0. The van der Waals surface area contributed by atoms with Crippen molar-refractivity contribution in [3.8, 4) is 0 Å². The van der Waals surface area contributed by atoms with E-state index < -0.39 is 52.0 Å². The Morgan fingerprint density at radius 2 is 1.56 bits per heavy atom. The van der Waals surface area contributed by atoms with E-state index in [-0.39, 0.29) is 5.56 Å².